The van der Waals surface area contributed by atoms with Crippen LogP contribution in [0.5, 0.6) is 0 Å². The molecule has 1 aromatic carbocycles. The second kappa shape index (κ2) is 7.53. The third kappa shape index (κ3) is 3.86. The van der Waals surface area contributed by atoms with E-state index in [1.54, 1.807) is 0 Å². The van der Waals surface area contributed by atoms with E-state index in [2.05, 4.69) is 12.2 Å². The number of likely N-dealkylation sites (N-methyl/N-ethyl adjacent to an activating group) is 1. The number of nitrogens with zero attached hydrogens (tertiary/aromatic N) is 1. The van der Waals surface area contributed by atoms with E-state index in [4.69, 9.17) is 0 Å². The van der Waals surface area contributed by atoms with Gasteiger partial charge < -0.3 is 15.0 Å². The quantitative estimate of drug-likeness (QED) is 0.819. The second-order valence-electron chi connectivity index (χ2n) is 6.07. The Hall–Kier alpha value is -1.98. The Morgan fingerprint density at radius 3 is 2.57 bits per heavy atom. The van der Waals surface area contributed by atoms with Gasteiger partial charge in [0.2, 0.25) is 5.91 Å². The van der Waals surface area contributed by atoms with Crippen LogP contribution in [-0.2, 0) is 9.59 Å². The fourth-order valence-electron chi connectivity index (χ4n) is 3.07. The maximum atomic E-state index is 14.5. The number of carbonyl (C=O) groups excluding carboxylic acids is 2. The highest BCUT2D eigenvalue weighted by Gasteiger charge is 2.28. The van der Waals surface area contributed by atoms with Crippen molar-refractivity contribution in [1.82, 2.24) is 5.32 Å². The van der Waals surface area contributed by atoms with E-state index in [0.717, 1.165) is 19.5 Å². The zero-order valence-corrected chi connectivity index (χ0v) is 13.4. The zero-order valence-electron chi connectivity index (χ0n) is 13.4. The molecule has 2 atom stereocenters. The number of halogens is 2. The first-order valence-electron chi connectivity index (χ1n) is 7.87. The van der Waals surface area contributed by atoms with Crippen LogP contribution in [0.4, 0.5) is 14.5 Å². The number of aldehydes is 1. The summed E-state index contributed by atoms with van der Waals surface area (Å²) < 4.78 is 29.0. The molecule has 0 aromatic heterocycles. The number of nitrogens with one attached hydrogen (secondary N) is 1. The molecule has 23 heavy (non-hydrogen) atoms. The summed E-state index contributed by atoms with van der Waals surface area (Å²) in [4.78, 5) is 24.4. The molecule has 0 spiro atoms. The molecule has 0 aliphatic carbocycles. The fraction of sp³-hybridized carbons (Fsp3) is 0.529. The van der Waals surface area contributed by atoms with E-state index < -0.39 is 23.5 Å². The van der Waals surface area contributed by atoms with Gasteiger partial charge in [-0.25, -0.2) is 8.78 Å². The van der Waals surface area contributed by atoms with Gasteiger partial charge in [-0.05, 0) is 30.9 Å². The molecular weight excluding hydrogens is 302 g/mol. The molecule has 0 bridgehead atoms. The van der Waals surface area contributed by atoms with Crippen LogP contribution >= 0.6 is 0 Å². The monoisotopic (exact) mass is 324 g/mol. The molecule has 1 aliphatic heterocycles. The van der Waals surface area contributed by atoms with Gasteiger partial charge >= 0.3 is 0 Å². The number of anilines is 1. The van der Waals surface area contributed by atoms with Crippen molar-refractivity contribution in [3.8, 4) is 0 Å². The minimum Gasteiger partial charge on any atom is -0.371 e. The highest BCUT2D eigenvalue weighted by Crippen LogP contribution is 2.32. The molecule has 126 valence electrons. The summed E-state index contributed by atoms with van der Waals surface area (Å²) in [5.41, 5.74) is 0.237. The summed E-state index contributed by atoms with van der Waals surface area (Å²) in [5.74, 6) is -2.48. The van der Waals surface area contributed by atoms with Crippen molar-refractivity contribution in [1.29, 1.82) is 0 Å². The maximum absolute atomic E-state index is 14.5. The third-order valence-corrected chi connectivity index (χ3v) is 4.34. The minimum absolute atomic E-state index is 0.0718. The number of hydrogen-bond acceptors (Lipinski definition) is 3. The average molecular weight is 324 g/mol. The zero-order chi connectivity index (χ0) is 17.0. The van der Waals surface area contributed by atoms with E-state index in [9.17, 15) is 18.4 Å². The molecule has 1 amide bonds. The Morgan fingerprint density at radius 2 is 2.09 bits per heavy atom. The van der Waals surface area contributed by atoms with E-state index in [-0.39, 0.29) is 18.4 Å². The van der Waals surface area contributed by atoms with E-state index in [1.807, 2.05) is 4.90 Å². The number of benzene rings is 1. The Kier molecular flexibility index (Phi) is 5.69. The van der Waals surface area contributed by atoms with Crippen LogP contribution in [-0.4, -0.2) is 32.3 Å². The Bertz CT molecular complexity index is 569. The number of hydrogen-bond donors (Lipinski definition) is 1. The predicted octanol–water partition coefficient (Wildman–Crippen LogP) is 2.62. The molecule has 4 nitrogen and oxygen atoms in total. The first kappa shape index (κ1) is 17.4. The molecule has 1 heterocycles. The van der Waals surface area contributed by atoms with Gasteiger partial charge in [-0.3, -0.25) is 4.79 Å². The van der Waals surface area contributed by atoms with Gasteiger partial charge in [-0.15, -0.1) is 0 Å². The highest BCUT2D eigenvalue weighted by molar-refractivity contribution is 5.84. The molecule has 0 saturated carbocycles. The molecule has 0 radical (unpaired) electrons. The van der Waals surface area contributed by atoms with Gasteiger partial charge in [0.1, 0.15) is 17.9 Å². The lowest BCUT2D eigenvalue weighted by molar-refractivity contribution is -0.122. The van der Waals surface area contributed by atoms with Crippen molar-refractivity contribution in [3.63, 3.8) is 0 Å². The molecule has 1 N–H and O–H groups in total. The van der Waals surface area contributed by atoms with Crippen molar-refractivity contribution in [2.45, 2.75) is 32.1 Å². The molecule has 1 aromatic rings. The lowest BCUT2D eigenvalue weighted by Gasteiger charge is -2.22. The maximum Gasteiger partial charge on any atom is 0.227 e. The molecule has 1 aliphatic rings. The fourth-order valence-corrected chi connectivity index (χ4v) is 3.07. The molecule has 2 unspecified atom stereocenters. The molecule has 1 fully saturated rings. The Morgan fingerprint density at radius 1 is 1.43 bits per heavy atom. The van der Waals surface area contributed by atoms with Crippen molar-refractivity contribution in [2.75, 3.05) is 25.0 Å². The average Bonchev–Trinajstić information content (AvgIpc) is 2.95. The van der Waals surface area contributed by atoms with Crippen LogP contribution in [0.1, 0.15) is 37.7 Å². The summed E-state index contributed by atoms with van der Waals surface area (Å²) in [5, 5.41) is 2.40. The normalized spacial score (nSPS) is 18.8. The second-order valence-corrected chi connectivity index (χ2v) is 6.07. The van der Waals surface area contributed by atoms with Gasteiger partial charge in [-0.1, -0.05) is 6.92 Å². The smallest absolute Gasteiger partial charge is 0.227 e. The SMILES string of the molecule is CNC(=O)C(CCC=O)c1c(F)cc(N2CCC(C)C2)cc1F. The number of amides is 1. The highest BCUT2D eigenvalue weighted by atomic mass is 19.1. The molecule has 1 saturated heterocycles. The lowest BCUT2D eigenvalue weighted by Crippen LogP contribution is -2.28. The molecular formula is C17H22F2N2O2. The number of carbonyl (C=O) groups is 2. The van der Waals surface area contributed by atoms with E-state index in [1.165, 1.54) is 19.2 Å². The van der Waals surface area contributed by atoms with Crippen LogP contribution in [0, 0.1) is 17.6 Å². The van der Waals surface area contributed by atoms with Crippen molar-refractivity contribution in [2.24, 2.45) is 5.92 Å². The topological polar surface area (TPSA) is 49.4 Å². The summed E-state index contributed by atoms with van der Waals surface area (Å²) in [6.07, 6.45) is 1.79. The predicted molar refractivity (Wildman–Crippen MR) is 84.5 cm³/mol. The summed E-state index contributed by atoms with van der Waals surface area (Å²) >= 11 is 0. The van der Waals surface area contributed by atoms with Crippen LogP contribution in [0.25, 0.3) is 0 Å². The van der Waals surface area contributed by atoms with Crippen LogP contribution in [0.15, 0.2) is 12.1 Å². The summed E-state index contributed by atoms with van der Waals surface area (Å²) in [6, 6.07) is 2.57. The van der Waals surface area contributed by atoms with Crippen LogP contribution in [0.2, 0.25) is 0 Å². The van der Waals surface area contributed by atoms with Gasteiger partial charge in [0.15, 0.2) is 0 Å². The van der Waals surface area contributed by atoms with E-state index >= 15 is 0 Å². The first-order chi connectivity index (χ1) is 11.0. The number of rotatable bonds is 6. The standard InChI is InChI=1S/C17H22F2N2O2/c1-11-5-6-21(10-11)12-8-14(18)16(15(19)9-12)13(4-3-7-22)17(23)20-2/h7-9,11,13H,3-6,10H2,1-2H3,(H,20,23). The molecule has 2 rings (SSSR count). The van der Waals surface area contributed by atoms with Crippen LogP contribution in [0.3, 0.4) is 0 Å². The largest absolute Gasteiger partial charge is 0.371 e. The van der Waals surface area contributed by atoms with Crippen LogP contribution < -0.4 is 10.2 Å². The van der Waals surface area contributed by atoms with Crippen molar-refractivity contribution in [3.05, 3.63) is 29.3 Å². The molecule has 6 heteroatoms. The van der Waals surface area contributed by atoms with Gasteiger partial charge in [0.05, 0.1) is 5.92 Å². The third-order valence-electron chi connectivity index (χ3n) is 4.34. The lowest BCUT2D eigenvalue weighted by atomic mass is 9.92. The van der Waals surface area contributed by atoms with Gasteiger partial charge in [0.25, 0.3) is 0 Å². The van der Waals surface area contributed by atoms with Gasteiger partial charge in [0, 0.05) is 37.8 Å². The summed E-state index contributed by atoms with van der Waals surface area (Å²) in [6.45, 7) is 3.63. The first-order valence-corrected chi connectivity index (χ1v) is 7.87. The summed E-state index contributed by atoms with van der Waals surface area (Å²) in [7, 11) is 1.41. The van der Waals surface area contributed by atoms with Crippen molar-refractivity contribution < 1.29 is 18.4 Å². The Labute approximate surface area is 134 Å². The van der Waals surface area contributed by atoms with Crippen molar-refractivity contribution >= 4 is 17.9 Å². The van der Waals surface area contributed by atoms with E-state index in [0.29, 0.717) is 17.9 Å². The van der Waals surface area contributed by atoms with Gasteiger partial charge in [-0.2, -0.15) is 0 Å². The minimum atomic E-state index is -1.00. The Balaban J connectivity index is 2.34.